The molecule has 0 saturated heterocycles. The SMILES string of the molecule is Cc1cc2c(F)c(Oc3ccnc(Nc4ccc(CNS(=O)[O-])cc4)n3)ccc2[nH]1. The van der Waals surface area contributed by atoms with Gasteiger partial charge in [0.05, 0.1) is 0 Å². The summed E-state index contributed by atoms with van der Waals surface area (Å²) < 4.78 is 43.8. The largest absolute Gasteiger partial charge is 0.760 e. The van der Waals surface area contributed by atoms with Crippen LogP contribution in [0.3, 0.4) is 0 Å². The van der Waals surface area contributed by atoms with Gasteiger partial charge in [-0.3, -0.25) is 4.21 Å². The highest BCUT2D eigenvalue weighted by atomic mass is 32.2. The average molecular weight is 426 g/mol. The molecular weight excluding hydrogens is 409 g/mol. The summed E-state index contributed by atoms with van der Waals surface area (Å²) in [4.78, 5) is 11.5. The van der Waals surface area contributed by atoms with Crippen LogP contribution in [0.5, 0.6) is 11.6 Å². The van der Waals surface area contributed by atoms with Crippen molar-refractivity contribution >= 4 is 33.8 Å². The van der Waals surface area contributed by atoms with Gasteiger partial charge in [-0.1, -0.05) is 12.1 Å². The van der Waals surface area contributed by atoms with Gasteiger partial charge in [0, 0.05) is 52.4 Å². The number of halogens is 1. The van der Waals surface area contributed by atoms with E-state index >= 15 is 0 Å². The van der Waals surface area contributed by atoms with Crippen LogP contribution in [0.15, 0.2) is 54.7 Å². The third kappa shape index (κ3) is 4.62. The van der Waals surface area contributed by atoms with Crippen LogP contribution in [0.25, 0.3) is 10.9 Å². The van der Waals surface area contributed by atoms with E-state index in [9.17, 15) is 13.2 Å². The van der Waals surface area contributed by atoms with Gasteiger partial charge in [0.25, 0.3) is 0 Å². The molecule has 4 aromatic rings. The molecule has 8 nitrogen and oxygen atoms in total. The van der Waals surface area contributed by atoms with Crippen molar-refractivity contribution < 1.29 is 17.9 Å². The minimum absolute atomic E-state index is 0.0683. The Balaban J connectivity index is 1.48. The van der Waals surface area contributed by atoms with E-state index in [0.29, 0.717) is 16.6 Å². The number of nitrogens with zero attached hydrogens (tertiary/aromatic N) is 2. The van der Waals surface area contributed by atoms with Crippen LogP contribution in [-0.2, 0) is 17.8 Å². The third-order valence-electron chi connectivity index (χ3n) is 4.29. The fourth-order valence-corrected chi connectivity index (χ4v) is 3.20. The second-order valence-corrected chi connectivity index (χ2v) is 7.25. The van der Waals surface area contributed by atoms with E-state index in [4.69, 9.17) is 4.74 Å². The van der Waals surface area contributed by atoms with Gasteiger partial charge in [0.1, 0.15) is 0 Å². The number of benzene rings is 2. The normalized spacial score (nSPS) is 12.1. The number of aromatic amines is 1. The Morgan fingerprint density at radius 3 is 2.77 bits per heavy atom. The zero-order valence-electron chi connectivity index (χ0n) is 15.8. The first-order valence-corrected chi connectivity index (χ1v) is 10.0. The van der Waals surface area contributed by atoms with Crippen molar-refractivity contribution in [1.29, 1.82) is 0 Å². The number of hydrogen-bond acceptors (Lipinski definition) is 6. The van der Waals surface area contributed by atoms with Crippen molar-refractivity contribution in [3.05, 3.63) is 71.8 Å². The molecule has 0 spiro atoms. The maximum Gasteiger partial charge on any atom is 0.230 e. The Morgan fingerprint density at radius 1 is 1.20 bits per heavy atom. The molecule has 4 rings (SSSR count). The van der Waals surface area contributed by atoms with Crippen molar-refractivity contribution in [1.82, 2.24) is 19.7 Å². The number of fused-ring (bicyclic) bond motifs is 1. The van der Waals surface area contributed by atoms with Crippen LogP contribution in [0, 0.1) is 12.7 Å². The number of rotatable bonds is 7. The molecular formula is C20H17FN5O3S-. The van der Waals surface area contributed by atoms with Gasteiger partial charge >= 0.3 is 0 Å². The summed E-state index contributed by atoms with van der Waals surface area (Å²) >= 11 is -2.31. The van der Waals surface area contributed by atoms with Crippen molar-refractivity contribution in [2.45, 2.75) is 13.5 Å². The zero-order valence-corrected chi connectivity index (χ0v) is 16.6. The van der Waals surface area contributed by atoms with Gasteiger partial charge < -0.3 is 19.6 Å². The Labute approximate surface area is 173 Å². The molecule has 1 atom stereocenters. The number of ether oxygens (including phenoxy) is 1. The third-order valence-corrected chi connectivity index (χ3v) is 4.67. The van der Waals surface area contributed by atoms with Gasteiger partial charge in [-0.05, 0) is 42.8 Å². The van der Waals surface area contributed by atoms with Crippen molar-refractivity contribution in [2.75, 3.05) is 5.32 Å². The fourth-order valence-electron chi connectivity index (χ4n) is 2.92. The molecule has 10 heteroatoms. The second kappa shape index (κ2) is 8.57. The fraction of sp³-hybridized carbons (Fsp3) is 0.100. The molecule has 0 aliphatic carbocycles. The lowest BCUT2D eigenvalue weighted by molar-refractivity contribution is 0.430. The molecule has 0 radical (unpaired) electrons. The molecule has 0 fully saturated rings. The van der Waals surface area contributed by atoms with Crippen LogP contribution in [0.2, 0.25) is 0 Å². The van der Waals surface area contributed by atoms with E-state index in [1.807, 2.05) is 6.92 Å². The Bertz CT molecular complexity index is 1210. The summed E-state index contributed by atoms with van der Waals surface area (Å²) in [5.41, 5.74) is 3.06. The van der Waals surface area contributed by atoms with Crippen molar-refractivity contribution in [2.24, 2.45) is 0 Å². The smallest absolute Gasteiger partial charge is 0.230 e. The molecule has 154 valence electrons. The maximum absolute atomic E-state index is 14.7. The first-order chi connectivity index (χ1) is 14.5. The average Bonchev–Trinajstić information content (AvgIpc) is 3.11. The van der Waals surface area contributed by atoms with Crippen molar-refractivity contribution in [3.8, 4) is 11.6 Å². The molecule has 2 aromatic heterocycles. The zero-order chi connectivity index (χ0) is 21.1. The minimum Gasteiger partial charge on any atom is -0.760 e. The summed E-state index contributed by atoms with van der Waals surface area (Å²) in [7, 11) is 0. The van der Waals surface area contributed by atoms with Gasteiger partial charge in [-0.2, -0.15) is 4.98 Å². The molecule has 0 aliphatic heterocycles. The summed E-state index contributed by atoms with van der Waals surface area (Å²) in [5, 5.41) is 3.48. The highest BCUT2D eigenvalue weighted by Crippen LogP contribution is 2.30. The Hall–Kier alpha value is -3.34. The van der Waals surface area contributed by atoms with Crippen LogP contribution in [0.1, 0.15) is 11.3 Å². The molecule has 2 aromatic carbocycles. The second-order valence-electron chi connectivity index (χ2n) is 6.49. The van der Waals surface area contributed by atoms with Gasteiger partial charge in [-0.25, -0.2) is 14.1 Å². The topological polar surface area (TPSA) is 115 Å². The summed E-state index contributed by atoms with van der Waals surface area (Å²) in [6, 6.07) is 13.6. The minimum atomic E-state index is -2.31. The highest BCUT2D eigenvalue weighted by Gasteiger charge is 2.12. The molecule has 2 heterocycles. The van der Waals surface area contributed by atoms with E-state index in [2.05, 4.69) is 25.0 Å². The molecule has 3 N–H and O–H groups in total. The maximum atomic E-state index is 14.7. The first kappa shape index (κ1) is 20.0. The molecule has 0 amide bonds. The quantitative estimate of drug-likeness (QED) is 0.387. The van der Waals surface area contributed by atoms with Gasteiger partial charge in [-0.15, -0.1) is 0 Å². The van der Waals surface area contributed by atoms with E-state index in [0.717, 1.165) is 11.3 Å². The number of aromatic nitrogens is 3. The van der Waals surface area contributed by atoms with Crippen LogP contribution in [-0.4, -0.2) is 23.7 Å². The Kier molecular flexibility index (Phi) is 5.70. The van der Waals surface area contributed by atoms with Crippen LogP contribution >= 0.6 is 0 Å². The van der Waals surface area contributed by atoms with E-state index in [1.54, 1.807) is 42.5 Å². The lowest BCUT2D eigenvalue weighted by Crippen LogP contribution is -2.15. The van der Waals surface area contributed by atoms with Crippen LogP contribution < -0.4 is 14.8 Å². The summed E-state index contributed by atoms with van der Waals surface area (Å²) in [6.07, 6.45) is 1.50. The molecule has 30 heavy (non-hydrogen) atoms. The van der Waals surface area contributed by atoms with Crippen LogP contribution in [0.4, 0.5) is 16.0 Å². The van der Waals surface area contributed by atoms with E-state index in [-0.39, 0.29) is 24.1 Å². The number of hydrogen-bond donors (Lipinski definition) is 3. The van der Waals surface area contributed by atoms with Crippen molar-refractivity contribution in [3.63, 3.8) is 0 Å². The predicted octanol–water partition coefficient (Wildman–Crippen LogP) is 3.83. The highest BCUT2D eigenvalue weighted by molar-refractivity contribution is 7.77. The van der Waals surface area contributed by atoms with Gasteiger partial charge in [0.2, 0.25) is 11.8 Å². The monoisotopic (exact) mass is 426 g/mol. The molecule has 0 saturated carbocycles. The molecule has 0 aliphatic rings. The first-order valence-electron chi connectivity index (χ1n) is 8.95. The number of H-pyrrole nitrogens is 1. The summed E-state index contributed by atoms with van der Waals surface area (Å²) in [6.45, 7) is 2.06. The van der Waals surface area contributed by atoms with Gasteiger partial charge in [0.15, 0.2) is 11.6 Å². The van der Waals surface area contributed by atoms with E-state index in [1.165, 1.54) is 12.3 Å². The molecule has 0 bridgehead atoms. The number of nitrogens with one attached hydrogen (secondary N) is 3. The lowest BCUT2D eigenvalue weighted by Gasteiger charge is -2.10. The van der Waals surface area contributed by atoms with E-state index < -0.39 is 17.1 Å². The predicted molar refractivity (Wildman–Crippen MR) is 111 cm³/mol. The lowest BCUT2D eigenvalue weighted by atomic mass is 10.2. The summed E-state index contributed by atoms with van der Waals surface area (Å²) in [5.74, 6) is 0.0710. The standard InChI is InChI=1S/C20H18FN5O3S/c1-12-10-15-16(24-12)6-7-17(19(15)21)29-18-8-9-22-20(26-18)25-14-4-2-13(3-5-14)11-23-30(27)28/h2-10,23-24H,11H2,1H3,(H,27,28)(H,22,25,26)/p-1. The Morgan fingerprint density at radius 2 is 2.00 bits per heavy atom. The number of aryl methyl sites for hydroxylation is 1. The molecule has 1 unspecified atom stereocenters. The number of anilines is 2.